The van der Waals surface area contributed by atoms with Gasteiger partial charge in [-0.3, -0.25) is 0 Å². The maximum atomic E-state index is 5.29. The summed E-state index contributed by atoms with van der Waals surface area (Å²) in [5.74, 6) is 1.66. The second-order valence-electron chi connectivity index (χ2n) is 4.63. The van der Waals surface area contributed by atoms with Crippen LogP contribution in [0, 0.1) is 0 Å². The summed E-state index contributed by atoms with van der Waals surface area (Å²) in [6.45, 7) is 6.51. The van der Waals surface area contributed by atoms with E-state index in [1.54, 1.807) is 14.2 Å². The van der Waals surface area contributed by atoms with Gasteiger partial charge in [0.1, 0.15) is 11.5 Å². The average molecular weight is 234 g/mol. The molecule has 17 heavy (non-hydrogen) atoms. The Balaban J connectivity index is 3.15. The van der Waals surface area contributed by atoms with Crippen LogP contribution in [0.25, 0.3) is 0 Å². The molecule has 0 radical (unpaired) electrons. The summed E-state index contributed by atoms with van der Waals surface area (Å²) in [4.78, 5) is 0. The van der Waals surface area contributed by atoms with Gasteiger partial charge < -0.3 is 9.47 Å². The van der Waals surface area contributed by atoms with E-state index in [2.05, 4.69) is 45.1 Å². The lowest BCUT2D eigenvalue weighted by molar-refractivity contribution is 0.392. The molecule has 2 heteroatoms. The van der Waals surface area contributed by atoms with Crippen LogP contribution in [0.1, 0.15) is 32.8 Å². The summed E-state index contributed by atoms with van der Waals surface area (Å²) in [5.41, 5.74) is 1.18. The highest BCUT2D eigenvalue weighted by Gasteiger charge is 2.18. The second kappa shape index (κ2) is 5.76. The van der Waals surface area contributed by atoms with Crippen LogP contribution in [0.5, 0.6) is 11.5 Å². The number of hydrogen-bond acceptors (Lipinski definition) is 2. The van der Waals surface area contributed by atoms with E-state index in [1.807, 2.05) is 6.07 Å². The summed E-state index contributed by atoms with van der Waals surface area (Å²) in [7, 11) is 3.35. The molecule has 0 N–H and O–H groups in total. The van der Waals surface area contributed by atoms with E-state index in [4.69, 9.17) is 9.47 Å². The molecule has 1 aromatic carbocycles. The van der Waals surface area contributed by atoms with Gasteiger partial charge in [0, 0.05) is 11.5 Å². The van der Waals surface area contributed by atoms with Gasteiger partial charge in [-0.2, -0.15) is 0 Å². The van der Waals surface area contributed by atoms with Crippen molar-refractivity contribution in [3.05, 3.63) is 35.9 Å². The quantitative estimate of drug-likeness (QED) is 0.718. The predicted molar refractivity (Wildman–Crippen MR) is 72.0 cm³/mol. The number of hydrogen-bond donors (Lipinski definition) is 0. The van der Waals surface area contributed by atoms with Crippen molar-refractivity contribution in [3.63, 3.8) is 0 Å². The first kappa shape index (κ1) is 13.6. The van der Waals surface area contributed by atoms with Crippen molar-refractivity contribution in [1.29, 1.82) is 0 Å². The van der Waals surface area contributed by atoms with Crippen molar-refractivity contribution in [2.45, 2.75) is 32.6 Å². The second-order valence-corrected chi connectivity index (χ2v) is 4.63. The lowest BCUT2D eigenvalue weighted by Gasteiger charge is -2.22. The van der Waals surface area contributed by atoms with E-state index >= 15 is 0 Å². The van der Waals surface area contributed by atoms with Gasteiger partial charge in [0.15, 0.2) is 0 Å². The molecule has 1 rings (SSSR count). The lowest BCUT2D eigenvalue weighted by atomic mass is 9.84. The van der Waals surface area contributed by atoms with Gasteiger partial charge in [-0.1, -0.05) is 32.9 Å². The third kappa shape index (κ3) is 3.52. The zero-order valence-electron chi connectivity index (χ0n) is 11.4. The first-order valence-electron chi connectivity index (χ1n) is 5.94. The predicted octanol–water partition coefficient (Wildman–Crippen LogP) is 3.95. The van der Waals surface area contributed by atoms with E-state index in [-0.39, 0.29) is 5.41 Å². The zero-order chi connectivity index (χ0) is 12.9. The van der Waals surface area contributed by atoms with Crippen LogP contribution in [-0.4, -0.2) is 14.2 Å². The largest absolute Gasteiger partial charge is 0.497 e. The maximum Gasteiger partial charge on any atom is 0.122 e. The van der Waals surface area contributed by atoms with Gasteiger partial charge in [-0.15, -0.1) is 0 Å². The summed E-state index contributed by atoms with van der Waals surface area (Å²) in [6.07, 6.45) is 5.46. The average Bonchev–Trinajstić information content (AvgIpc) is 2.35. The Bertz CT molecular complexity index is 370. The molecule has 2 nitrogen and oxygen atoms in total. The summed E-state index contributed by atoms with van der Waals surface area (Å²) in [5, 5.41) is 0. The fourth-order valence-electron chi connectivity index (χ4n) is 1.69. The van der Waals surface area contributed by atoms with Crippen molar-refractivity contribution in [2.75, 3.05) is 14.2 Å². The maximum absolute atomic E-state index is 5.29. The molecule has 0 saturated carbocycles. The van der Waals surface area contributed by atoms with E-state index in [0.717, 1.165) is 17.9 Å². The summed E-state index contributed by atoms with van der Waals surface area (Å²) >= 11 is 0. The summed E-state index contributed by atoms with van der Waals surface area (Å²) < 4.78 is 10.6. The Hall–Kier alpha value is -1.44. The molecule has 94 valence electrons. The fraction of sp³-hybridized carbons (Fsp3) is 0.467. The van der Waals surface area contributed by atoms with E-state index in [9.17, 15) is 0 Å². The Kier molecular flexibility index (Phi) is 4.62. The van der Waals surface area contributed by atoms with Crippen molar-refractivity contribution in [2.24, 2.45) is 0 Å². The minimum atomic E-state index is -0.0160. The van der Waals surface area contributed by atoms with Gasteiger partial charge in [0.2, 0.25) is 0 Å². The van der Waals surface area contributed by atoms with E-state index in [1.165, 1.54) is 5.56 Å². The normalized spacial score (nSPS) is 11.8. The van der Waals surface area contributed by atoms with Crippen molar-refractivity contribution >= 4 is 0 Å². The smallest absolute Gasteiger partial charge is 0.122 e. The molecule has 0 fully saturated rings. The van der Waals surface area contributed by atoms with Gasteiger partial charge >= 0.3 is 0 Å². The van der Waals surface area contributed by atoms with Crippen LogP contribution in [0.2, 0.25) is 0 Å². The molecule has 0 atom stereocenters. The van der Waals surface area contributed by atoms with Gasteiger partial charge in [-0.05, 0) is 24.1 Å². The number of ether oxygens (including phenoxy) is 2. The lowest BCUT2D eigenvalue weighted by Crippen LogP contribution is -2.13. The summed E-state index contributed by atoms with van der Waals surface area (Å²) in [6, 6.07) is 6.01. The molecule has 0 aliphatic carbocycles. The topological polar surface area (TPSA) is 18.5 Å². The molecule has 0 aromatic heterocycles. The van der Waals surface area contributed by atoms with Crippen LogP contribution < -0.4 is 9.47 Å². The van der Waals surface area contributed by atoms with E-state index < -0.39 is 0 Å². The van der Waals surface area contributed by atoms with Crippen LogP contribution in [0.15, 0.2) is 30.4 Å². The highest BCUT2D eigenvalue weighted by Crippen LogP contribution is 2.32. The van der Waals surface area contributed by atoms with Crippen LogP contribution in [0.3, 0.4) is 0 Å². The molecule has 0 amide bonds. The minimum Gasteiger partial charge on any atom is -0.497 e. The van der Waals surface area contributed by atoms with Crippen molar-refractivity contribution in [1.82, 2.24) is 0 Å². The van der Waals surface area contributed by atoms with Crippen LogP contribution in [0.4, 0.5) is 0 Å². The Morgan fingerprint density at radius 1 is 1.06 bits per heavy atom. The van der Waals surface area contributed by atoms with E-state index in [0.29, 0.717) is 0 Å². The molecule has 1 aromatic rings. The minimum absolute atomic E-state index is 0.0160. The molecule has 0 heterocycles. The highest BCUT2D eigenvalue weighted by atomic mass is 16.5. The molecule has 0 saturated heterocycles. The number of allylic oxidation sites excluding steroid dienone is 2. The van der Waals surface area contributed by atoms with Crippen molar-refractivity contribution < 1.29 is 9.47 Å². The first-order valence-corrected chi connectivity index (χ1v) is 5.94. The molecule has 0 aliphatic rings. The SMILES string of the molecule is CC/C=C/C(C)(C)c1cc(OC)cc(OC)c1. The molecular weight excluding hydrogens is 212 g/mol. The highest BCUT2D eigenvalue weighted by molar-refractivity contribution is 5.43. The molecule has 0 aliphatic heterocycles. The first-order chi connectivity index (χ1) is 8.03. The number of benzene rings is 1. The third-order valence-electron chi connectivity index (χ3n) is 2.87. The molecule has 0 spiro atoms. The monoisotopic (exact) mass is 234 g/mol. The molecule has 0 unspecified atom stereocenters. The molecule has 0 bridgehead atoms. The zero-order valence-corrected chi connectivity index (χ0v) is 11.4. The Morgan fingerprint density at radius 2 is 1.59 bits per heavy atom. The third-order valence-corrected chi connectivity index (χ3v) is 2.87. The Labute approximate surface area is 104 Å². The van der Waals surface area contributed by atoms with Crippen LogP contribution in [-0.2, 0) is 5.41 Å². The number of rotatable bonds is 5. The van der Waals surface area contributed by atoms with Crippen LogP contribution >= 0.6 is 0 Å². The van der Waals surface area contributed by atoms with Gasteiger partial charge in [0.05, 0.1) is 14.2 Å². The number of methoxy groups -OCH3 is 2. The Morgan fingerprint density at radius 3 is 2.00 bits per heavy atom. The van der Waals surface area contributed by atoms with Crippen molar-refractivity contribution in [3.8, 4) is 11.5 Å². The standard InChI is InChI=1S/C15H22O2/c1-6-7-8-15(2,3)12-9-13(16-4)11-14(10-12)17-5/h7-11H,6H2,1-5H3/b8-7+. The van der Waals surface area contributed by atoms with Gasteiger partial charge in [0.25, 0.3) is 0 Å². The fourth-order valence-corrected chi connectivity index (χ4v) is 1.69. The van der Waals surface area contributed by atoms with Gasteiger partial charge in [-0.25, -0.2) is 0 Å². The molecular formula is C15H22O2.